The molecule has 28 heavy (non-hydrogen) atoms. The summed E-state index contributed by atoms with van der Waals surface area (Å²) in [5, 5.41) is 5.12. The smallest absolute Gasteiger partial charge is 0.338 e. The van der Waals surface area contributed by atoms with Crippen LogP contribution < -0.4 is 0 Å². The summed E-state index contributed by atoms with van der Waals surface area (Å²) in [7, 11) is 0. The van der Waals surface area contributed by atoms with Gasteiger partial charge < -0.3 is 9.42 Å². The Balaban J connectivity index is 1.53. The number of amides is 1. The molecule has 0 N–H and O–H groups in total. The summed E-state index contributed by atoms with van der Waals surface area (Å²) in [5.74, 6) is -2.06. The molecule has 0 spiro atoms. The van der Waals surface area contributed by atoms with Crippen LogP contribution in [0.5, 0.6) is 0 Å². The Morgan fingerprint density at radius 3 is 2.68 bits per heavy atom. The van der Waals surface area contributed by atoms with Gasteiger partial charge in [-0.2, -0.15) is 18.2 Å². The lowest BCUT2D eigenvalue weighted by molar-refractivity contribution is -0.159. The molecule has 0 bridgehead atoms. The van der Waals surface area contributed by atoms with Crippen LogP contribution in [-0.2, 0) is 30.4 Å². The number of carbonyl (C=O) groups is 1. The van der Waals surface area contributed by atoms with E-state index >= 15 is 0 Å². The third-order valence-corrected chi connectivity index (χ3v) is 5.56. The van der Waals surface area contributed by atoms with E-state index < -0.39 is 12.1 Å². The van der Waals surface area contributed by atoms with Gasteiger partial charge in [0.15, 0.2) is 0 Å². The molecular weight excluding hydrogens is 398 g/mol. The van der Waals surface area contributed by atoms with Gasteiger partial charge >= 0.3 is 12.1 Å². The SMILES string of the molecule is O=C(Cc1ccc(F)cc1)N1CCc2scc(-c3noc(C(F)(F)F)n3)c2C1. The molecular formula is C18H13F4N3O2S. The second-order valence-corrected chi connectivity index (χ2v) is 7.30. The molecule has 10 heteroatoms. The molecule has 1 amide bonds. The number of halogens is 4. The van der Waals surface area contributed by atoms with Crippen molar-refractivity contribution in [2.45, 2.75) is 25.6 Å². The molecule has 0 radical (unpaired) electrons. The van der Waals surface area contributed by atoms with E-state index in [0.717, 1.165) is 10.4 Å². The molecule has 1 aliphatic rings. The average Bonchev–Trinajstić information content (AvgIpc) is 3.29. The topological polar surface area (TPSA) is 59.2 Å². The van der Waals surface area contributed by atoms with Crippen LogP contribution in [-0.4, -0.2) is 27.5 Å². The highest BCUT2D eigenvalue weighted by atomic mass is 32.1. The Labute approximate surface area is 160 Å². The van der Waals surface area contributed by atoms with Crippen LogP contribution in [0.3, 0.4) is 0 Å². The molecule has 0 aliphatic carbocycles. The molecule has 3 heterocycles. The molecule has 146 valence electrons. The first-order valence-corrected chi connectivity index (χ1v) is 9.22. The monoisotopic (exact) mass is 411 g/mol. The summed E-state index contributed by atoms with van der Waals surface area (Å²) < 4.78 is 55.5. The van der Waals surface area contributed by atoms with Gasteiger partial charge in [-0.25, -0.2) is 4.39 Å². The maximum atomic E-state index is 13.0. The van der Waals surface area contributed by atoms with Crippen molar-refractivity contribution in [3.8, 4) is 11.4 Å². The highest BCUT2D eigenvalue weighted by Gasteiger charge is 2.39. The minimum absolute atomic E-state index is 0.121. The van der Waals surface area contributed by atoms with Gasteiger partial charge in [-0.15, -0.1) is 11.3 Å². The third kappa shape index (κ3) is 3.64. The summed E-state index contributed by atoms with van der Waals surface area (Å²) in [6.07, 6.45) is -3.99. The lowest BCUT2D eigenvalue weighted by Gasteiger charge is -2.27. The number of thiophene rings is 1. The van der Waals surface area contributed by atoms with Crippen LogP contribution in [0.25, 0.3) is 11.4 Å². The first kappa shape index (κ1) is 18.6. The lowest BCUT2D eigenvalue weighted by atomic mass is 10.0. The van der Waals surface area contributed by atoms with Crippen molar-refractivity contribution in [2.24, 2.45) is 0 Å². The zero-order valence-electron chi connectivity index (χ0n) is 14.3. The van der Waals surface area contributed by atoms with E-state index in [-0.39, 0.29) is 30.5 Å². The quantitative estimate of drug-likeness (QED) is 0.610. The van der Waals surface area contributed by atoms with Crippen LogP contribution in [0.1, 0.15) is 21.9 Å². The molecule has 2 aromatic heterocycles. The van der Waals surface area contributed by atoms with Gasteiger partial charge in [0.2, 0.25) is 11.7 Å². The van der Waals surface area contributed by atoms with Gasteiger partial charge in [0.1, 0.15) is 5.82 Å². The summed E-state index contributed by atoms with van der Waals surface area (Å²) in [6.45, 7) is 0.761. The third-order valence-electron chi connectivity index (χ3n) is 4.47. The number of aromatic nitrogens is 2. The van der Waals surface area contributed by atoms with Gasteiger partial charge in [0.25, 0.3) is 0 Å². The molecule has 0 saturated carbocycles. The van der Waals surface area contributed by atoms with Crippen LogP contribution in [0.15, 0.2) is 34.2 Å². The minimum Gasteiger partial charge on any atom is -0.338 e. The first-order chi connectivity index (χ1) is 13.3. The molecule has 1 aromatic carbocycles. The van der Waals surface area contributed by atoms with Crippen LogP contribution in [0.2, 0.25) is 0 Å². The normalized spacial score (nSPS) is 14.2. The fourth-order valence-electron chi connectivity index (χ4n) is 3.05. The molecule has 1 aliphatic heterocycles. The molecule has 4 rings (SSSR count). The van der Waals surface area contributed by atoms with Crippen molar-refractivity contribution < 1.29 is 26.9 Å². The Kier molecular flexibility index (Phi) is 4.66. The summed E-state index contributed by atoms with van der Waals surface area (Å²) in [4.78, 5) is 18.7. The molecule has 0 unspecified atom stereocenters. The fourth-order valence-corrected chi connectivity index (χ4v) is 4.08. The van der Waals surface area contributed by atoms with Crippen molar-refractivity contribution in [2.75, 3.05) is 6.54 Å². The number of benzene rings is 1. The number of carbonyl (C=O) groups excluding carboxylic acids is 1. The van der Waals surface area contributed by atoms with E-state index in [2.05, 4.69) is 14.7 Å². The summed E-state index contributed by atoms with van der Waals surface area (Å²) in [5.41, 5.74) is 1.87. The van der Waals surface area contributed by atoms with Crippen molar-refractivity contribution in [1.82, 2.24) is 15.0 Å². The van der Waals surface area contributed by atoms with Crippen LogP contribution in [0.4, 0.5) is 17.6 Å². The zero-order valence-corrected chi connectivity index (χ0v) is 15.1. The predicted molar refractivity (Wildman–Crippen MR) is 91.8 cm³/mol. The van der Waals surface area contributed by atoms with Crippen molar-refractivity contribution in [1.29, 1.82) is 0 Å². The minimum atomic E-state index is -4.71. The van der Waals surface area contributed by atoms with E-state index in [4.69, 9.17) is 0 Å². The van der Waals surface area contributed by atoms with Gasteiger partial charge in [0, 0.05) is 28.9 Å². The van der Waals surface area contributed by atoms with Crippen molar-refractivity contribution in [3.05, 3.63) is 57.4 Å². The average molecular weight is 411 g/mol. The van der Waals surface area contributed by atoms with E-state index in [9.17, 15) is 22.4 Å². The fraction of sp³-hybridized carbons (Fsp3) is 0.278. The molecule has 0 saturated heterocycles. The largest absolute Gasteiger partial charge is 0.471 e. The van der Waals surface area contributed by atoms with E-state index in [1.807, 2.05) is 0 Å². The lowest BCUT2D eigenvalue weighted by Crippen LogP contribution is -2.36. The Hall–Kier alpha value is -2.75. The number of rotatable bonds is 3. The van der Waals surface area contributed by atoms with Crippen molar-refractivity contribution >= 4 is 17.2 Å². The Morgan fingerprint density at radius 2 is 2.00 bits per heavy atom. The van der Waals surface area contributed by atoms with E-state index in [1.165, 1.54) is 23.5 Å². The molecule has 0 atom stereocenters. The summed E-state index contributed by atoms with van der Waals surface area (Å²) in [6, 6.07) is 5.69. The number of alkyl halides is 3. The zero-order chi connectivity index (χ0) is 19.9. The highest BCUT2D eigenvalue weighted by molar-refractivity contribution is 7.10. The molecule has 3 aromatic rings. The Bertz CT molecular complexity index is 1010. The number of nitrogens with zero attached hydrogens (tertiary/aromatic N) is 3. The standard InChI is InChI=1S/C18H13F4N3O2S/c19-11-3-1-10(2-4-11)7-15(26)25-6-5-14-12(8-25)13(9-28-14)16-23-17(27-24-16)18(20,21)22/h1-4,9H,5-8H2. The first-order valence-electron chi connectivity index (χ1n) is 8.34. The maximum absolute atomic E-state index is 13.0. The number of hydrogen-bond acceptors (Lipinski definition) is 5. The van der Waals surface area contributed by atoms with Gasteiger partial charge in [-0.05, 0) is 29.7 Å². The van der Waals surface area contributed by atoms with Crippen LogP contribution in [0, 0.1) is 5.82 Å². The molecule has 0 fully saturated rings. The Morgan fingerprint density at radius 1 is 1.25 bits per heavy atom. The van der Waals surface area contributed by atoms with Gasteiger partial charge in [-0.3, -0.25) is 4.79 Å². The highest BCUT2D eigenvalue weighted by Crippen LogP contribution is 2.36. The van der Waals surface area contributed by atoms with Crippen LogP contribution >= 0.6 is 11.3 Å². The van der Waals surface area contributed by atoms with E-state index in [0.29, 0.717) is 24.1 Å². The van der Waals surface area contributed by atoms with Crippen molar-refractivity contribution in [3.63, 3.8) is 0 Å². The number of fused-ring (bicyclic) bond motifs is 1. The predicted octanol–water partition coefficient (Wildman–Crippen LogP) is 4.08. The summed E-state index contributed by atoms with van der Waals surface area (Å²) >= 11 is 1.40. The number of hydrogen-bond donors (Lipinski definition) is 0. The van der Waals surface area contributed by atoms with Gasteiger partial charge in [0.05, 0.1) is 6.42 Å². The van der Waals surface area contributed by atoms with E-state index in [1.54, 1.807) is 22.4 Å². The molecule has 5 nitrogen and oxygen atoms in total. The van der Waals surface area contributed by atoms with Gasteiger partial charge in [-0.1, -0.05) is 17.3 Å². The second-order valence-electron chi connectivity index (χ2n) is 6.34. The second kappa shape index (κ2) is 7.01. The maximum Gasteiger partial charge on any atom is 0.471 e.